The van der Waals surface area contributed by atoms with E-state index >= 15 is 0 Å². The summed E-state index contributed by atoms with van der Waals surface area (Å²) in [5, 5.41) is 3.48. The van der Waals surface area contributed by atoms with Crippen molar-refractivity contribution in [1.29, 1.82) is 0 Å². The Bertz CT molecular complexity index is 793. The van der Waals surface area contributed by atoms with Crippen LogP contribution in [-0.4, -0.2) is 31.6 Å². The summed E-state index contributed by atoms with van der Waals surface area (Å²) in [6, 6.07) is 11.7. The van der Waals surface area contributed by atoms with Gasteiger partial charge in [0.2, 0.25) is 0 Å². The molecule has 0 amide bonds. The summed E-state index contributed by atoms with van der Waals surface area (Å²) in [5.41, 5.74) is 3.23. The molecular weight excluding hydrogens is 302 g/mol. The average molecular weight is 323 g/mol. The van der Waals surface area contributed by atoms with Gasteiger partial charge in [0.05, 0.1) is 7.11 Å². The maximum atomic E-state index is 12.7. The van der Waals surface area contributed by atoms with E-state index in [-0.39, 0.29) is 11.9 Å². The average Bonchev–Trinajstić information content (AvgIpc) is 3.23. The van der Waals surface area contributed by atoms with Crippen LogP contribution in [0.4, 0.5) is 0 Å². The Kier molecular flexibility index (Phi) is 3.77. The van der Waals surface area contributed by atoms with Gasteiger partial charge in [-0.3, -0.25) is 4.79 Å². The Hall–Kier alpha value is -2.33. The third-order valence-corrected chi connectivity index (χ3v) is 4.99. The van der Waals surface area contributed by atoms with Crippen molar-refractivity contribution < 1.29 is 14.3 Å². The number of carbonyl (C=O) groups excluding carboxylic acids is 1. The lowest BCUT2D eigenvalue weighted by Crippen LogP contribution is -2.36. The van der Waals surface area contributed by atoms with Gasteiger partial charge < -0.3 is 14.8 Å². The predicted molar refractivity (Wildman–Crippen MR) is 93.0 cm³/mol. The molecule has 2 atom stereocenters. The van der Waals surface area contributed by atoms with Crippen LogP contribution < -0.4 is 14.8 Å². The fourth-order valence-electron chi connectivity index (χ4n) is 3.69. The van der Waals surface area contributed by atoms with Crippen LogP contribution in [0, 0.1) is 0 Å². The van der Waals surface area contributed by atoms with Gasteiger partial charge in [0, 0.05) is 22.7 Å². The van der Waals surface area contributed by atoms with Gasteiger partial charge in [-0.2, -0.15) is 0 Å². The first-order valence-corrected chi connectivity index (χ1v) is 8.45. The number of nitrogens with one attached hydrogen (secondary N) is 1. The molecule has 0 saturated carbocycles. The monoisotopic (exact) mass is 323 g/mol. The van der Waals surface area contributed by atoms with Crippen molar-refractivity contribution in [3.05, 3.63) is 47.5 Å². The third-order valence-electron chi connectivity index (χ3n) is 4.99. The Morgan fingerprint density at radius 3 is 2.79 bits per heavy atom. The maximum absolute atomic E-state index is 12.7. The van der Waals surface area contributed by atoms with Crippen molar-refractivity contribution in [2.24, 2.45) is 0 Å². The molecule has 24 heavy (non-hydrogen) atoms. The topological polar surface area (TPSA) is 47.6 Å². The number of carbonyl (C=O) groups is 1. The van der Waals surface area contributed by atoms with Crippen molar-refractivity contribution >= 4 is 5.78 Å². The van der Waals surface area contributed by atoms with Crippen LogP contribution in [-0.2, 0) is 0 Å². The van der Waals surface area contributed by atoms with Gasteiger partial charge >= 0.3 is 0 Å². The van der Waals surface area contributed by atoms with E-state index < -0.39 is 0 Å². The number of ether oxygens (including phenoxy) is 2. The molecule has 1 aliphatic heterocycles. The van der Waals surface area contributed by atoms with E-state index in [1.165, 1.54) is 6.42 Å². The fraction of sp³-hybridized carbons (Fsp3) is 0.350. The molecule has 2 aromatic carbocycles. The van der Waals surface area contributed by atoms with Crippen molar-refractivity contribution in [3.8, 4) is 22.6 Å². The molecule has 4 nitrogen and oxygen atoms in total. The van der Waals surface area contributed by atoms with Gasteiger partial charge in [0.25, 0.3) is 0 Å². The summed E-state index contributed by atoms with van der Waals surface area (Å²) in [6.07, 6.45) is 2.38. The predicted octanol–water partition coefficient (Wildman–Crippen LogP) is 3.43. The molecule has 4 heteroatoms. The lowest BCUT2D eigenvalue weighted by molar-refractivity contribution is 0.104. The van der Waals surface area contributed by atoms with E-state index in [1.54, 1.807) is 7.11 Å². The molecule has 0 radical (unpaired) electrons. The zero-order chi connectivity index (χ0) is 16.7. The second-order valence-corrected chi connectivity index (χ2v) is 6.45. The van der Waals surface area contributed by atoms with E-state index in [2.05, 4.69) is 12.2 Å². The molecule has 4 rings (SSSR count). The smallest absolute Gasteiger partial charge is 0.194 e. The molecule has 2 aliphatic rings. The van der Waals surface area contributed by atoms with Crippen molar-refractivity contribution in [2.45, 2.75) is 31.9 Å². The lowest BCUT2D eigenvalue weighted by Gasteiger charge is -2.22. The van der Waals surface area contributed by atoms with E-state index in [0.29, 0.717) is 22.9 Å². The molecule has 0 bridgehead atoms. The highest BCUT2D eigenvalue weighted by atomic mass is 16.5. The number of methoxy groups -OCH3 is 1. The number of fused-ring (bicyclic) bond motifs is 3. The summed E-state index contributed by atoms with van der Waals surface area (Å²) in [5.74, 6) is 1.52. The van der Waals surface area contributed by atoms with Crippen LogP contribution in [0.5, 0.6) is 11.5 Å². The summed E-state index contributed by atoms with van der Waals surface area (Å²) in [4.78, 5) is 12.7. The molecule has 1 aliphatic carbocycles. The minimum absolute atomic E-state index is 0.0380. The quantitative estimate of drug-likeness (QED) is 0.799. The number of hydrogen-bond acceptors (Lipinski definition) is 4. The molecule has 1 heterocycles. The van der Waals surface area contributed by atoms with E-state index in [0.717, 1.165) is 29.8 Å². The van der Waals surface area contributed by atoms with E-state index in [1.807, 2.05) is 36.4 Å². The minimum Gasteiger partial charge on any atom is -0.497 e. The highest BCUT2D eigenvalue weighted by Crippen LogP contribution is 2.44. The normalized spacial score (nSPS) is 19.8. The lowest BCUT2D eigenvalue weighted by atomic mass is 10.0. The first-order chi connectivity index (χ1) is 11.7. The molecule has 2 unspecified atom stereocenters. The van der Waals surface area contributed by atoms with Crippen molar-refractivity contribution in [3.63, 3.8) is 0 Å². The first-order valence-electron chi connectivity index (χ1n) is 8.45. The van der Waals surface area contributed by atoms with Crippen LogP contribution in [0.25, 0.3) is 11.1 Å². The van der Waals surface area contributed by atoms with E-state index in [4.69, 9.17) is 9.47 Å². The maximum Gasteiger partial charge on any atom is 0.194 e. The molecule has 0 spiro atoms. The van der Waals surface area contributed by atoms with Crippen molar-refractivity contribution in [1.82, 2.24) is 5.32 Å². The molecule has 1 N–H and O–H groups in total. The Balaban J connectivity index is 1.73. The summed E-state index contributed by atoms with van der Waals surface area (Å²) >= 11 is 0. The SMILES string of the molecule is COc1ccc2c(c1)C(=O)c1cccc(OC(C)C3CCCN3)c1-2. The highest BCUT2D eigenvalue weighted by molar-refractivity contribution is 6.22. The molecular formula is C20H21NO3. The van der Waals surface area contributed by atoms with Crippen LogP contribution in [0.2, 0.25) is 0 Å². The van der Waals surface area contributed by atoms with Gasteiger partial charge in [-0.05, 0) is 56.1 Å². The number of hydrogen-bond donors (Lipinski definition) is 1. The van der Waals surface area contributed by atoms with Crippen LogP contribution in [0.15, 0.2) is 36.4 Å². The zero-order valence-corrected chi connectivity index (χ0v) is 14.0. The van der Waals surface area contributed by atoms with Crippen molar-refractivity contribution in [2.75, 3.05) is 13.7 Å². The van der Waals surface area contributed by atoms with Crippen LogP contribution in [0.1, 0.15) is 35.7 Å². The molecule has 124 valence electrons. The van der Waals surface area contributed by atoms with Gasteiger partial charge in [-0.15, -0.1) is 0 Å². The summed E-state index contributed by atoms with van der Waals surface area (Å²) in [7, 11) is 1.61. The second-order valence-electron chi connectivity index (χ2n) is 6.45. The van der Waals surface area contributed by atoms with Gasteiger partial charge in [0.15, 0.2) is 5.78 Å². The van der Waals surface area contributed by atoms with Gasteiger partial charge in [0.1, 0.15) is 17.6 Å². The minimum atomic E-state index is 0.0380. The molecule has 0 aromatic heterocycles. The number of ketones is 1. The number of benzene rings is 2. The molecule has 1 fully saturated rings. The van der Waals surface area contributed by atoms with Crippen LogP contribution >= 0.6 is 0 Å². The van der Waals surface area contributed by atoms with Crippen LogP contribution in [0.3, 0.4) is 0 Å². The highest BCUT2D eigenvalue weighted by Gasteiger charge is 2.31. The fourth-order valence-corrected chi connectivity index (χ4v) is 3.69. The first kappa shape index (κ1) is 15.2. The second kappa shape index (κ2) is 5.95. The summed E-state index contributed by atoms with van der Waals surface area (Å²) in [6.45, 7) is 3.14. The third kappa shape index (κ3) is 2.38. The zero-order valence-electron chi connectivity index (χ0n) is 14.0. The van der Waals surface area contributed by atoms with Gasteiger partial charge in [-0.1, -0.05) is 12.1 Å². The Morgan fingerprint density at radius 1 is 1.17 bits per heavy atom. The largest absolute Gasteiger partial charge is 0.497 e. The Labute approximate surface area is 141 Å². The molecule has 1 saturated heterocycles. The summed E-state index contributed by atoms with van der Waals surface area (Å²) < 4.78 is 11.5. The Morgan fingerprint density at radius 2 is 2.04 bits per heavy atom. The molecule has 2 aromatic rings. The number of rotatable bonds is 4. The van der Waals surface area contributed by atoms with E-state index in [9.17, 15) is 4.79 Å². The van der Waals surface area contributed by atoms with Gasteiger partial charge in [-0.25, -0.2) is 0 Å². The standard InChI is InChI=1S/C20H21NO3/c1-12(17-6-4-10-21-17)24-18-7-3-5-15-19(18)14-9-8-13(23-2)11-16(14)20(15)22/h3,5,7-9,11-12,17,21H,4,6,10H2,1-2H3.